The van der Waals surface area contributed by atoms with E-state index in [1.165, 1.54) is 5.69 Å². The van der Waals surface area contributed by atoms with Crippen molar-refractivity contribution in [3.63, 3.8) is 0 Å². The molecule has 0 saturated carbocycles. The highest BCUT2D eigenvalue weighted by molar-refractivity contribution is 5.87. The van der Waals surface area contributed by atoms with Crippen LogP contribution in [-0.2, 0) is 9.59 Å². The molecule has 2 amide bonds. The summed E-state index contributed by atoms with van der Waals surface area (Å²) in [4.78, 5) is 28.2. The van der Waals surface area contributed by atoms with Crippen LogP contribution in [0.15, 0.2) is 30.3 Å². The molecular formula is C18H30Cl2N4O2. The maximum Gasteiger partial charge on any atom is 0.242 e. The average Bonchev–Trinajstić information content (AvgIpc) is 2.59. The van der Waals surface area contributed by atoms with Crippen molar-refractivity contribution >= 4 is 42.3 Å². The highest BCUT2D eigenvalue weighted by Gasteiger charge is 2.22. The first-order valence-corrected chi connectivity index (χ1v) is 8.58. The van der Waals surface area contributed by atoms with Gasteiger partial charge < -0.3 is 20.9 Å². The Hall–Kier alpha value is -1.50. The van der Waals surface area contributed by atoms with E-state index < -0.39 is 6.04 Å². The molecule has 0 spiro atoms. The van der Waals surface area contributed by atoms with Crippen LogP contribution in [0.5, 0.6) is 0 Å². The molecule has 0 radical (unpaired) electrons. The second-order valence-corrected chi connectivity index (χ2v) is 6.66. The molecule has 0 bridgehead atoms. The maximum atomic E-state index is 12.2. The SMILES string of the molecule is CC(C)C[C@H](N)C(=O)NCC(=O)N1CCN(c2ccccc2)CC1.Cl.Cl. The van der Waals surface area contributed by atoms with Gasteiger partial charge in [-0.05, 0) is 24.5 Å². The predicted molar refractivity (Wildman–Crippen MR) is 110 cm³/mol. The molecule has 148 valence electrons. The van der Waals surface area contributed by atoms with Crippen LogP contribution in [0.2, 0.25) is 0 Å². The lowest BCUT2D eigenvalue weighted by atomic mass is 10.0. The first-order valence-electron chi connectivity index (χ1n) is 8.58. The van der Waals surface area contributed by atoms with Gasteiger partial charge in [-0.25, -0.2) is 0 Å². The zero-order chi connectivity index (χ0) is 17.5. The van der Waals surface area contributed by atoms with Gasteiger partial charge in [0.2, 0.25) is 11.8 Å². The van der Waals surface area contributed by atoms with Crippen molar-refractivity contribution in [3.05, 3.63) is 30.3 Å². The molecule has 1 fully saturated rings. The number of amides is 2. The third kappa shape index (κ3) is 7.40. The summed E-state index contributed by atoms with van der Waals surface area (Å²) in [6.07, 6.45) is 0.621. The first-order chi connectivity index (χ1) is 11.5. The number of carbonyl (C=O) groups excluding carboxylic acids is 2. The third-order valence-corrected chi connectivity index (χ3v) is 4.23. The van der Waals surface area contributed by atoms with Crippen LogP contribution >= 0.6 is 24.8 Å². The summed E-state index contributed by atoms with van der Waals surface area (Å²) in [7, 11) is 0. The first kappa shape index (κ1) is 24.5. The lowest BCUT2D eigenvalue weighted by Crippen LogP contribution is -2.52. The molecule has 1 atom stereocenters. The number of hydrogen-bond donors (Lipinski definition) is 2. The number of piperazine rings is 1. The Bertz CT molecular complexity index is 549. The number of nitrogens with two attached hydrogens (primary N) is 1. The van der Waals surface area contributed by atoms with Gasteiger partial charge in [-0.3, -0.25) is 9.59 Å². The van der Waals surface area contributed by atoms with Gasteiger partial charge in [0.1, 0.15) is 0 Å². The molecule has 2 rings (SSSR count). The topological polar surface area (TPSA) is 78.7 Å². The van der Waals surface area contributed by atoms with Gasteiger partial charge in [0, 0.05) is 31.9 Å². The zero-order valence-electron chi connectivity index (χ0n) is 15.4. The fourth-order valence-corrected chi connectivity index (χ4v) is 2.87. The summed E-state index contributed by atoms with van der Waals surface area (Å²) in [5, 5.41) is 2.66. The van der Waals surface area contributed by atoms with Crippen LogP contribution in [0, 0.1) is 5.92 Å². The van der Waals surface area contributed by atoms with Gasteiger partial charge in [-0.2, -0.15) is 0 Å². The summed E-state index contributed by atoms with van der Waals surface area (Å²) in [5.74, 6) is 0.0558. The summed E-state index contributed by atoms with van der Waals surface area (Å²) < 4.78 is 0. The number of hydrogen-bond acceptors (Lipinski definition) is 4. The van der Waals surface area contributed by atoms with Crippen molar-refractivity contribution in [2.45, 2.75) is 26.3 Å². The number of nitrogens with zero attached hydrogens (tertiary/aromatic N) is 2. The molecule has 1 heterocycles. The normalized spacial score (nSPS) is 14.9. The minimum atomic E-state index is -0.548. The fraction of sp³-hybridized carbons (Fsp3) is 0.556. The third-order valence-electron chi connectivity index (χ3n) is 4.23. The molecule has 1 aliphatic heterocycles. The molecule has 1 saturated heterocycles. The fourth-order valence-electron chi connectivity index (χ4n) is 2.87. The van der Waals surface area contributed by atoms with Crippen molar-refractivity contribution in [2.75, 3.05) is 37.6 Å². The quantitative estimate of drug-likeness (QED) is 0.755. The van der Waals surface area contributed by atoms with Crippen molar-refractivity contribution in [1.82, 2.24) is 10.2 Å². The van der Waals surface area contributed by atoms with E-state index in [9.17, 15) is 9.59 Å². The van der Waals surface area contributed by atoms with Crippen LogP contribution in [0.4, 0.5) is 5.69 Å². The minimum absolute atomic E-state index is 0. The number of benzene rings is 1. The van der Waals surface area contributed by atoms with Gasteiger partial charge in [0.05, 0.1) is 12.6 Å². The highest BCUT2D eigenvalue weighted by Crippen LogP contribution is 2.15. The average molecular weight is 405 g/mol. The van der Waals surface area contributed by atoms with Gasteiger partial charge in [0.15, 0.2) is 0 Å². The van der Waals surface area contributed by atoms with Crippen molar-refractivity contribution in [2.24, 2.45) is 11.7 Å². The Morgan fingerprint density at radius 1 is 1.08 bits per heavy atom. The summed E-state index contributed by atoms with van der Waals surface area (Å²) >= 11 is 0. The Morgan fingerprint density at radius 2 is 1.65 bits per heavy atom. The van der Waals surface area contributed by atoms with Crippen LogP contribution in [0.1, 0.15) is 20.3 Å². The van der Waals surface area contributed by atoms with Crippen LogP contribution in [0.3, 0.4) is 0 Å². The number of halogens is 2. The molecule has 6 nitrogen and oxygen atoms in total. The van der Waals surface area contributed by atoms with E-state index in [1.807, 2.05) is 32.0 Å². The van der Waals surface area contributed by atoms with E-state index in [0.717, 1.165) is 13.1 Å². The highest BCUT2D eigenvalue weighted by atomic mass is 35.5. The summed E-state index contributed by atoms with van der Waals surface area (Å²) in [5.41, 5.74) is 7.00. The second kappa shape index (κ2) is 12.0. The van der Waals surface area contributed by atoms with E-state index in [0.29, 0.717) is 25.4 Å². The molecule has 1 aromatic rings. The Balaban J connectivity index is 0.00000312. The van der Waals surface area contributed by atoms with Crippen molar-refractivity contribution in [1.29, 1.82) is 0 Å². The van der Waals surface area contributed by atoms with E-state index in [4.69, 9.17) is 5.73 Å². The zero-order valence-corrected chi connectivity index (χ0v) is 17.0. The predicted octanol–water partition coefficient (Wildman–Crippen LogP) is 1.67. The molecular weight excluding hydrogens is 375 g/mol. The summed E-state index contributed by atoms with van der Waals surface area (Å²) in [6.45, 7) is 7.00. The molecule has 0 aliphatic carbocycles. The number of nitrogens with one attached hydrogen (secondary N) is 1. The molecule has 26 heavy (non-hydrogen) atoms. The maximum absolute atomic E-state index is 12.2. The number of para-hydroxylation sites is 1. The number of carbonyl (C=O) groups is 2. The molecule has 1 aliphatic rings. The summed E-state index contributed by atoms with van der Waals surface area (Å²) in [6, 6.07) is 9.64. The van der Waals surface area contributed by atoms with E-state index in [1.54, 1.807) is 4.90 Å². The largest absolute Gasteiger partial charge is 0.368 e. The van der Waals surface area contributed by atoms with Gasteiger partial charge in [-0.15, -0.1) is 24.8 Å². The molecule has 1 aromatic carbocycles. The van der Waals surface area contributed by atoms with Gasteiger partial charge >= 0.3 is 0 Å². The van der Waals surface area contributed by atoms with Crippen molar-refractivity contribution in [3.8, 4) is 0 Å². The minimum Gasteiger partial charge on any atom is -0.368 e. The van der Waals surface area contributed by atoms with Crippen LogP contribution in [0.25, 0.3) is 0 Å². The molecule has 3 N–H and O–H groups in total. The smallest absolute Gasteiger partial charge is 0.242 e. The van der Waals surface area contributed by atoms with Gasteiger partial charge in [0.25, 0.3) is 0 Å². The monoisotopic (exact) mass is 404 g/mol. The van der Waals surface area contributed by atoms with Crippen LogP contribution in [-0.4, -0.2) is 55.5 Å². The Kier molecular flexibility index (Phi) is 11.3. The van der Waals surface area contributed by atoms with Crippen LogP contribution < -0.4 is 16.0 Å². The lowest BCUT2D eigenvalue weighted by molar-refractivity contribution is -0.133. The molecule has 0 unspecified atom stereocenters. The molecule has 8 heteroatoms. The van der Waals surface area contributed by atoms with E-state index >= 15 is 0 Å². The molecule has 0 aromatic heterocycles. The second-order valence-electron chi connectivity index (χ2n) is 6.66. The standard InChI is InChI=1S/C18H28N4O2.2ClH/c1-14(2)12-16(19)18(24)20-13-17(23)22-10-8-21(9-11-22)15-6-4-3-5-7-15;;/h3-7,14,16H,8-13,19H2,1-2H3,(H,20,24);2*1H/t16-;;/m0../s1. The Morgan fingerprint density at radius 3 is 2.19 bits per heavy atom. The number of anilines is 1. The van der Waals surface area contributed by atoms with E-state index in [-0.39, 0.29) is 43.2 Å². The number of rotatable bonds is 6. The lowest BCUT2D eigenvalue weighted by Gasteiger charge is -2.36. The van der Waals surface area contributed by atoms with Gasteiger partial charge in [-0.1, -0.05) is 32.0 Å². The Labute approximate surface area is 168 Å². The van der Waals surface area contributed by atoms with E-state index in [2.05, 4.69) is 22.3 Å². The van der Waals surface area contributed by atoms with Crippen molar-refractivity contribution < 1.29 is 9.59 Å².